The summed E-state index contributed by atoms with van der Waals surface area (Å²) in [5.41, 5.74) is 3.54. The number of ether oxygens (including phenoxy) is 2. The molecule has 8 heteroatoms. The molecule has 2 aliphatic heterocycles. The Bertz CT molecular complexity index is 1120. The van der Waals surface area contributed by atoms with E-state index in [0.717, 1.165) is 22.3 Å². The van der Waals surface area contributed by atoms with Crippen LogP contribution in [-0.2, 0) is 19.1 Å². The molecule has 0 spiro atoms. The molecule has 0 saturated carbocycles. The molecule has 0 aromatic heterocycles. The van der Waals surface area contributed by atoms with Crippen molar-refractivity contribution in [3.63, 3.8) is 0 Å². The summed E-state index contributed by atoms with van der Waals surface area (Å²) in [5, 5.41) is 12.4. The first kappa shape index (κ1) is 23.4. The number of nitrogens with zero attached hydrogens (tertiary/aromatic N) is 1. The molecule has 1 aliphatic carbocycles. The average molecular weight is 479 g/mol. The fourth-order valence-electron chi connectivity index (χ4n) is 5.62. The number of benzene rings is 2. The number of carbonyl (C=O) groups is 3. The average Bonchev–Trinajstić information content (AvgIpc) is 3.53. The maximum Gasteiger partial charge on any atom is 0.407 e. The van der Waals surface area contributed by atoms with E-state index >= 15 is 0 Å². The highest BCUT2D eigenvalue weighted by Crippen LogP contribution is 2.44. The Morgan fingerprint density at radius 1 is 1.09 bits per heavy atom. The monoisotopic (exact) mass is 478 g/mol. The number of amides is 2. The quantitative estimate of drug-likeness (QED) is 0.659. The zero-order valence-corrected chi connectivity index (χ0v) is 19.9. The van der Waals surface area contributed by atoms with E-state index in [1.165, 1.54) is 4.90 Å². The van der Waals surface area contributed by atoms with Gasteiger partial charge >= 0.3 is 12.1 Å². The smallest absolute Gasteiger partial charge is 0.407 e. The van der Waals surface area contributed by atoms with Crippen LogP contribution in [0.5, 0.6) is 0 Å². The largest absolute Gasteiger partial charge is 0.480 e. The Hall–Kier alpha value is -3.39. The summed E-state index contributed by atoms with van der Waals surface area (Å²) in [6.45, 7) is 4.15. The summed E-state index contributed by atoms with van der Waals surface area (Å²) in [6, 6.07) is 15.1. The number of aliphatic carboxylic acids is 1. The Morgan fingerprint density at radius 2 is 1.71 bits per heavy atom. The molecule has 3 atom stereocenters. The number of carbonyl (C=O) groups excluding carboxylic acids is 2. The van der Waals surface area contributed by atoms with Crippen LogP contribution in [0.4, 0.5) is 4.79 Å². The first-order valence-corrected chi connectivity index (χ1v) is 12.0. The Morgan fingerprint density at radius 3 is 2.34 bits per heavy atom. The van der Waals surface area contributed by atoms with Gasteiger partial charge in [-0.3, -0.25) is 4.79 Å². The van der Waals surface area contributed by atoms with Gasteiger partial charge in [-0.2, -0.15) is 0 Å². The fourth-order valence-corrected chi connectivity index (χ4v) is 5.62. The second-order valence-electron chi connectivity index (χ2n) is 10.1. The normalized spacial score (nSPS) is 22.9. The van der Waals surface area contributed by atoms with E-state index in [4.69, 9.17) is 9.47 Å². The molecular weight excluding hydrogens is 448 g/mol. The van der Waals surface area contributed by atoms with E-state index in [1.807, 2.05) is 24.3 Å². The summed E-state index contributed by atoms with van der Waals surface area (Å²) in [5.74, 6) is -1.39. The summed E-state index contributed by atoms with van der Waals surface area (Å²) in [7, 11) is 0. The molecule has 8 nitrogen and oxygen atoms in total. The van der Waals surface area contributed by atoms with Gasteiger partial charge in [-0.05, 0) is 42.5 Å². The predicted molar refractivity (Wildman–Crippen MR) is 128 cm³/mol. The lowest BCUT2D eigenvalue weighted by atomic mass is 9.90. The molecule has 0 bridgehead atoms. The van der Waals surface area contributed by atoms with Gasteiger partial charge in [0, 0.05) is 25.5 Å². The van der Waals surface area contributed by atoms with E-state index in [2.05, 4.69) is 29.6 Å². The summed E-state index contributed by atoms with van der Waals surface area (Å²) in [6.07, 6.45) is 0.0643. The van der Waals surface area contributed by atoms with Crippen molar-refractivity contribution in [1.29, 1.82) is 0 Å². The molecular formula is C27H30N2O6. The zero-order valence-electron chi connectivity index (χ0n) is 19.9. The molecule has 2 fully saturated rings. The van der Waals surface area contributed by atoms with Crippen molar-refractivity contribution in [3.8, 4) is 11.1 Å². The van der Waals surface area contributed by atoms with Crippen molar-refractivity contribution in [2.45, 2.75) is 50.8 Å². The number of carboxylic acid groups (broad SMARTS) is 1. The van der Waals surface area contributed by atoms with E-state index in [-0.39, 0.29) is 37.1 Å². The topological polar surface area (TPSA) is 105 Å². The number of rotatable bonds is 6. The van der Waals surface area contributed by atoms with Gasteiger partial charge in [0.2, 0.25) is 5.91 Å². The predicted octanol–water partition coefficient (Wildman–Crippen LogP) is 3.39. The highest BCUT2D eigenvalue weighted by Gasteiger charge is 2.52. The first-order valence-electron chi connectivity index (χ1n) is 12.0. The minimum atomic E-state index is -1.03. The third kappa shape index (κ3) is 4.16. The maximum absolute atomic E-state index is 13.4. The lowest BCUT2D eigenvalue weighted by molar-refractivity contribution is -0.153. The molecule has 3 aliphatic rings. The van der Waals surface area contributed by atoms with Crippen molar-refractivity contribution in [3.05, 3.63) is 59.7 Å². The summed E-state index contributed by atoms with van der Waals surface area (Å²) < 4.78 is 11.2. The van der Waals surface area contributed by atoms with E-state index in [1.54, 1.807) is 13.8 Å². The Labute approximate surface area is 204 Å². The second-order valence-corrected chi connectivity index (χ2v) is 10.1. The van der Waals surface area contributed by atoms with Crippen LogP contribution < -0.4 is 5.32 Å². The van der Waals surface area contributed by atoms with E-state index < -0.39 is 23.5 Å². The molecule has 2 heterocycles. The molecule has 2 amide bonds. The number of nitrogens with one attached hydrogen (secondary N) is 1. The van der Waals surface area contributed by atoms with Gasteiger partial charge in [0.05, 0.1) is 17.6 Å². The summed E-state index contributed by atoms with van der Waals surface area (Å²) in [4.78, 5) is 39.2. The van der Waals surface area contributed by atoms with Crippen molar-refractivity contribution in [1.82, 2.24) is 10.2 Å². The fraction of sp³-hybridized carbons (Fsp3) is 0.444. The minimum absolute atomic E-state index is 0.0313. The molecule has 184 valence electrons. The van der Waals surface area contributed by atoms with Gasteiger partial charge in [-0.25, -0.2) is 9.59 Å². The van der Waals surface area contributed by atoms with Crippen LogP contribution in [0.3, 0.4) is 0 Å². The molecule has 2 aromatic rings. The summed E-state index contributed by atoms with van der Waals surface area (Å²) >= 11 is 0. The van der Waals surface area contributed by atoms with Gasteiger partial charge in [-0.1, -0.05) is 48.5 Å². The number of carboxylic acids is 1. The number of hydrogen-bond donors (Lipinski definition) is 2. The van der Waals surface area contributed by atoms with Crippen molar-refractivity contribution >= 4 is 18.0 Å². The lowest BCUT2D eigenvalue weighted by Gasteiger charge is -2.34. The number of hydrogen-bond acceptors (Lipinski definition) is 5. The van der Waals surface area contributed by atoms with Gasteiger partial charge in [0.15, 0.2) is 0 Å². The highest BCUT2D eigenvalue weighted by atomic mass is 16.5. The Kier molecular flexibility index (Phi) is 6.01. The van der Waals surface area contributed by atoms with Gasteiger partial charge in [0.1, 0.15) is 12.6 Å². The zero-order chi connectivity index (χ0) is 24.7. The van der Waals surface area contributed by atoms with Gasteiger partial charge < -0.3 is 24.8 Å². The van der Waals surface area contributed by atoms with E-state index in [0.29, 0.717) is 19.4 Å². The second kappa shape index (κ2) is 9.00. The van der Waals surface area contributed by atoms with Crippen LogP contribution in [0.1, 0.15) is 43.7 Å². The van der Waals surface area contributed by atoms with Crippen LogP contribution >= 0.6 is 0 Å². The van der Waals surface area contributed by atoms with Crippen LogP contribution in [-0.4, -0.2) is 65.9 Å². The SMILES string of the molecule is CC(C)(CNC(=O)OCC1c2ccccc2-c2ccccc21)C(=O)N1C(C(=O)O)C[C@H]2OCC[C@H]21. The number of likely N-dealkylation sites (tertiary alicyclic amines) is 1. The first-order chi connectivity index (χ1) is 16.8. The van der Waals surface area contributed by atoms with Crippen LogP contribution in [0, 0.1) is 5.41 Å². The van der Waals surface area contributed by atoms with Crippen LogP contribution in [0.25, 0.3) is 11.1 Å². The van der Waals surface area contributed by atoms with Crippen molar-refractivity contribution in [2.75, 3.05) is 19.8 Å². The maximum atomic E-state index is 13.4. The van der Waals surface area contributed by atoms with Gasteiger partial charge in [0.25, 0.3) is 0 Å². The van der Waals surface area contributed by atoms with Crippen molar-refractivity contribution < 1.29 is 29.0 Å². The molecule has 2 aromatic carbocycles. The van der Waals surface area contributed by atoms with Crippen LogP contribution in [0.2, 0.25) is 0 Å². The standard InChI is InChI=1S/C27H30N2O6/c1-27(2,25(32)29-21-11-12-34-23(21)13-22(29)24(30)31)15-28-26(33)35-14-20-18-9-5-3-7-16(18)17-8-4-6-10-19(17)20/h3-10,20-23H,11-15H2,1-2H3,(H,28,33)(H,30,31)/t21-,22?,23-/m1/s1. The molecule has 35 heavy (non-hydrogen) atoms. The highest BCUT2D eigenvalue weighted by molar-refractivity contribution is 5.89. The van der Waals surface area contributed by atoms with Gasteiger partial charge in [-0.15, -0.1) is 0 Å². The number of fused-ring (bicyclic) bond motifs is 4. The number of alkyl carbamates (subject to hydrolysis) is 1. The van der Waals surface area contributed by atoms with Crippen LogP contribution in [0.15, 0.2) is 48.5 Å². The lowest BCUT2D eigenvalue weighted by Crippen LogP contribution is -2.53. The third-order valence-corrected chi connectivity index (χ3v) is 7.44. The van der Waals surface area contributed by atoms with Crippen molar-refractivity contribution in [2.24, 2.45) is 5.41 Å². The third-order valence-electron chi connectivity index (χ3n) is 7.44. The molecule has 2 saturated heterocycles. The minimum Gasteiger partial charge on any atom is -0.480 e. The Balaban J connectivity index is 1.21. The molecule has 1 unspecified atom stereocenters. The molecule has 0 radical (unpaired) electrons. The molecule has 2 N–H and O–H groups in total. The molecule has 5 rings (SSSR count). The van der Waals surface area contributed by atoms with E-state index in [9.17, 15) is 19.5 Å².